The zero-order chi connectivity index (χ0) is 20.5. The number of rotatable bonds is 3. The Kier molecular flexibility index (Phi) is 5.72. The van der Waals surface area contributed by atoms with Gasteiger partial charge in [0.1, 0.15) is 10.7 Å². The lowest BCUT2D eigenvalue weighted by molar-refractivity contribution is -0.149. The number of hydrogen-bond donors (Lipinski definition) is 0. The van der Waals surface area contributed by atoms with E-state index in [4.69, 9.17) is 9.72 Å². The standard InChI is InChI=1S/C21H27N3O4S/c1-3-28-21(27)14-8-11-23(12-9-14)20(26)17-13(2)16-18(29-17)22-15-7-5-4-6-10-24(15)19(16)25/h14H,3-12H2,1-2H3. The second-order valence-electron chi connectivity index (χ2n) is 7.85. The molecule has 7 nitrogen and oxygen atoms in total. The molecule has 2 aliphatic heterocycles. The molecular weight excluding hydrogens is 390 g/mol. The van der Waals surface area contributed by atoms with E-state index in [2.05, 4.69) is 0 Å². The highest BCUT2D eigenvalue weighted by Crippen LogP contribution is 2.30. The summed E-state index contributed by atoms with van der Waals surface area (Å²) in [6.07, 6.45) is 5.19. The van der Waals surface area contributed by atoms with Crippen LogP contribution in [0.3, 0.4) is 0 Å². The van der Waals surface area contributed by atoms with E-state index in [1.54, 1.807) is 16.4 Å². The number of carbonyl (C=O) groups excluding carboxylic acids is 2. The third-order valence-electron chi connectivity index (χ3n) is 6.01. The second-order valence-corrected chi connectivity index (χ2v) is 8.85. The molecule has 0 saturated carbocycles. The molecular formula is C21H27N3O4S. The SMILES string of the molecule is CCOC(=O)C1CCN(C(=O)c2sc3nc4n(c(=O)c3c2C)CCCCC4)CC1. The Morgan fingerprint density at radius 3 is 2.66 bits per heavy atom. The largest absolute Gasteiger partial charge is 0.466 e. The van der Waals surface area contributed by atoms with Crippen LogP contribution in [-0.2, 0) is 22.5 Å². The van der Waals surface area contributed by atoms with Crippen LogP contribution in [0.1, 0.15) is 60.1 Å². The smallest absolute Gasteiger partial charge is 0.309 e. The number of fused-ring (bicyclic) bond motifs is 2. The minimum absolute atomic E-state index is 0.0132. The Balaban J connectivity index is 1.59. The number of ether oxygens (including phenoxy) is 1. The van der Waals surface area contributed by atoms with E-state index in [-0.39, 0.29) is 23.4 Å². The van der Waals surface area contributed by atoms with Gasteiger partial charge < -0.3 is 9.64 Å². The van der Waals surface area contributed by atoms with E-state index in [1.807, 2.05) is 6.92 Å². The van der Waals surface area contributed by atoms with Crippen molar-refractivity contribution in [3.63, 3.8) is 0 Å². The number of aromatic nitrogens is 2. The van der Waals surface area contributed by atoms with Crippen molar-refractivity contribution < 1.29 is 14.3 Å². The van der Waals surface area contributed by atoms with Crippen LogP contribution in [0.25, 0.3) is 10.2 Å². The zero-order valence-corrected chi connectivity index (χ0v) is 17.8. The van der Waals surface area contributed by atoms with E-state index in [0.717, 1.165) is 37.1 Å². The Morgan fingerprint density at radius 1 is 1.17 bits per heavy atom. The van der Waals surface area contributed by atoms with Gasteiger partial charge in [-0.2, -0.15) is 0 Å². The maximum Gasteiger partial charge on any atom is 0.309 e. The minimum Gasteiger partial charge on any atom is -0.466 e. The van der Waals surface area contributed by atoms with Crippen LogP contribution in [0.5, 0.6) is 0 Å². The maximum atomic E-state index is 13.2. The van der Waals surface area contributed by atoms with E-state index in [1.165, 1.54) is 11.3 Å². The number of carbonyl (C=O) groups is 2. The van der Waals surface area contributed by atoms with Crippen molar-refractivity contribution in [2.75, 3.05) is 19.7 Å². The molecule has 1 amide bonds. The second kappa shape index (κ2) is 8.26. The molecule has 0 aromatic carbocycles. The summed E-state index contributed by atoms with van der Waals surface area (Å²) in [6.45, 7) is 5.79. The van der Waals surface area contributed by atoms with Crippen LogP contribution in [0.15, 0.2) is 4.79 Å². The van der Waals surface area contributed by atoms with Gasteiger partial charge in [0.05, 0.1) is 22.8 Å². The average Bonchev–Trinajstić information content (AvgIpc) is 2.89. The summed E-state index contributed by atoms with van der Waals surface area (Å²) in [7, 11) is 0. The molecule has 2 aromatic heterocycles. The summed E-state index contributed by atoms with van der Waals surface area (Å²) < 4.78 is 6.91. The lowest BCUT2D eigenvalue weighted by Gasteiger charge is -2.30. The third-order valence-corrected chi connectivity index (χ3v) is 7.18. The molecule has 29 heavy (non-hydrogen) atoms. The predicted molar refractivity (Wildman–Crippen MR) is 111 cm³/mol. The molecule has 0 unspecified atom stereocenters. The molecule has 1 saturated heterocycles. The van der Waals surface area contributed by atoms with Crippen LogP contribution >= 0.6 is 11.3 Å². The molecule has 2 aromatic rings. The van der Waals surface area contributed by atoms with Crippen molar-refractivity contribution in [1.29, 1.82) is 0 Å². The highest BCUT2D eigenvalue weighted by Gasteiger charge is 2.31. The first-order chi connectivity index (χ1) is 14.0. The van der Waals surface area contributed by atoms with Crippen LogP contribution in [0.2, 0.25) is 0 Å². The number of esters is 1. The number of hydrogen-bond acceptors (Lipinski definition) is 6. The monoisotopic (exact) mass is 417 g/mol. The first kappa shape index (κ1) is 20.1. The van der Waals surface area contributed by atoms with Gasteiger partial charge in [-0.3, -0.25) is 19.0 Å². The van der Waals surface area contributed by atoms with E-state index >= 15 is 0 Å². The quantitative estimate of drug-likeness (QED) is 0.718. The number of thiophene rings is 1. The normalized spacial score (nSPS) is 17.8. The van der Waals surface area contributed by atoms with Crippen molar-refractivity contribution in [3.8, 4) is 0 Å². The van der Waals surface area contributed by atoms with Gasteiger partial charge in [-0.15, -0.1) is 11.3 Å². The highest BCUT2D eigenvalue weighted by molar-refractivity contribution is 7.20. The van der Waals surface area contributed by atoms with Gasteiger partial charge in [-0.05, 0) is 45.1 Å². The fourth-order valence-corrected chi connectivity index (χ4v) is 5.49. The van der Waals surface area contributed by atoms with Gasteiger partial charge in [-0.1, -0.05) is 6.42 Å². The molecule has 1 fully saturated rings. The van der Waals surface area contributed by atoms with Gasteiger partial charge in [0, 0.05) is 26.1 Å². The van der Waals surface area contributed by atoms with E-state index < -0.39 is 0 Å². The summed E-state index contributed by atoms with van der Waals surface area (Å²) in [5.41, 5.74) is 0.722. The molecule has 0 bridgehead atoms. The van der Waals surface area contributed by atoms with Crippen LogP contribution in [0, 0.1) is 12.8 Å². The fourth-order valence-electron chi connectivity index (χ4n) is 4.34. The predicted octanol–water partition coefficient (Wildman–Crippen LogP) is 2.91. The van der Waals surface area contributed by atoms with Crippen molar-refractivity contribution in [3.05, 3.63) is 26.6 Å². The topological polar surface area (TPSA) is 81.5 Å². The maximum absolute atomic E-state index is 13.2. The Hall–Kier alpha value is -2.22. The molecule has 0 spiro atoms. The zero-order valence-electron chi connectivity index (χ0n) is 17.0. The first-order valence-corrected chi connectivity index (χ1v) is 11.3. The molecule has 4 heterocycles. The Labute approximate surface area is 173 Å². The lowest BCUT2D eigenvalue weighted by atomic mass is 9.97. The van der Waals surface area contributed by atoms with Crippen molar-refractivity contribution in [2.24, 2.45) is 5.92 Å². The first-order valence-electron chi connectivity index (χ1n) is 10.5. The molecule has 0 radical (unpaired) electrons. The number of amides is 1. The third kappa shape index (κ3) is 3.70. The highest BCUT2D eigenvalue weighted by atomic mass is 32.1. The molecule has 2 aliphatic rings. The molecule has 0 N–H and O–H groups in total. The van der Waals surface area contributed by atoms with Crippen molar-refractivity contribution in [1.82, 2.24) is 14.5 Å². The summed E-state index contributed by atoms with van der Waals surface area (Å²) >= 11 is 1.33. The Bertz CT molecular complexity index is 1000. The van der Waals surface area contributed by atoms with Gasteiger partial charge in [0.25, 0.3) is 11.5 Å². The molecule has 0 atom stereocenters. The lowest BCUT2D eigenvalue weighted by Crippen LogP contribution is -2.40. The number of likely N-dealkylation sites (tertiary alicyclic amines) is 1. The average molecular weight is 418 g/mol. The molecule has 4 rings (SSSR count). The van der Waals surface area contributed by atoms with E-state index in [0.29, 0.717) is 54.2 Å². The van der Waals surface area contributed by atoms with Gasteiger partial charge in [-0.25, -0.2) is 4.98 Å². The molecule has 8 heteroatoms. The molecule has 156 valence electrons. The Morgan fingerprint density at radius 2 is 1.93 bits per heavy atom. The van der Waals surface area contributed by atoms with Crippen LogP contribution in [0.4, 0.5) is 0 Å². The number of nitrogens with zero attached hydrogens (tertiary/aromatic N) is 3. The van der Waals surface area contributed by atoms with Gasteiger partial charge >= 0.3 is 5.97 Å². The number of piperidine rings is 1. The number of aryl methyl sites for hydroxylation is 2. The summed E-state index contributed by atoms with van der Waals surface area (Å²) in [5, 5.41) is 0.588. The van der Waals surface area contributed by atoms with Crippen LogP contribution in [-0.4, -0.2) is 46.0 Å². The van der Waals surface area contributed by atoms with Crippen LogP contribution < -0.4 is 5.56 Å². The summed E-state index contributed by atoms with van der Waals surface area (Å²) in [6, 6.07) is 0. The van der Waals surface area contributed by atoms with Crippen molar-refractivity contribution in [2.45, 2.75) is 58.9 Å². The van der Waals surface area contributed by atoms with Crippen molar-refractivity contribution >= 4 is 33.4 Å². The summed E-state index contributed by atoms with van der Waals surface area (Å²) in [4.78, 5) is 46.0. The van der Waals surface area contributed by atoms with Gasteiger partial charge in [0.15, 0.2) is 0 Å². The minimum atomic E-state index is -0.170. The summed E-state index contributed by atoms with van der Waals surface area (Å²) in [5.74, 6) is 0.476. The molecule has 0 aliphatic carbocycles. The fraction of sp³-hybridized carbons (Fsp3) is 0.619. The van der Waals surface area contributed by atoms with E-state index in [9.17, 15) is 14.4 Å². The van der Waals surface area contributed by atoms with Gasteiger partial charge in [0.2, 0.25) is 0 Å².